The monoisotopic (exact) mass is 418 g/mol. The van der Waals surface area contributed by atoms with Crippen molar-refractivity contribution >= 4 is 46.0 Å². The van der Waals surface area contributed by atoms with E-state index in [0.29, 0.717) is 34.3 Å². The lowest BCUT2D eigenvalue weighted by Crippen LogP contribution is -2.40. The number of para-hydroxylation sites is 1. The van der Waals surface area contributed by atoms with Crippen molar-refractivity contribution in [3.63, 3.8) is 0 Å². The standard InChI is InChI=1S/C21H20Cl2N2O3/c1-3-25(12-18(26)24-11-14-7-9-15(22)10-8-14)21(27)19-13(2)16-5-4-6-17(23)20(16)28-19/h4-10H,3,11-12H2,1-2H3,(H,24,26). The first-order valence-electron chi connectivity index (χ1n) is 8.88. The Bertz CT molecular complexity index is 1010. The molecule has 1 aromatic heterocycles. The van der Waals surface area contributed by atoms with Crippen LogP contribution in [-0.2, 0) is 11.3 Å². The van der Waals surface area contributed by atoms with Crippen LogP contribution < -0.4 is 5.32 Å². The van der Waals surface area contributed by atoms with Gasteiger partial charge < -0.3 is 14.6 Å². The Morgan fingerprint density at radius 2 is 1.82 bits per heavy atom. The van der Waals surface area contributed by atoms with E-state index in [1.165, 1.54) is 4.90 Å². The van der Waals surface area contributed by atoms with Crippen molar-refractivity contribution in [1.82, 2.24) is 10.2 Å². The molecule has 0 radical (unpaired) electrons. The third kappa shape index (κ3) is 4.32. The molecule has 5 nitrogen and oxygen atoms in total. The van der Waals surface area contributed by atoms with E-state index in [4.69, 9.17) is 27.6 Å². The third-order valence-electron chi connectivity index (χ3n) is 4.52. The maximum Gasteiger partial charge on any atom is 0.290 e. The number of hydrogen-bond donors (Lipinski definition) is 1. The van der Waals surface area contributed by atoms with E-state index in [1.807, 2.05) is 38.1 Å². The minimum atomic E-state index is -0.339. The zero-order valence-corrected chi connectivity index (χ0v) is 17.1. The molecule has 0 aliphatic rings. The van der Waals surface area contributed by atoms with E-state index in [1.54, 1.807) is 18.2 Å². The molecule has 2 aromatic carbocycles. The second kappa shape index (κ2) is 8.67. The fourth-order valence-corrected chi connectivity index (χ4v) is 3.25. The average molecular weight is 419 g/mol. The number of furan rings is 1. The van der Waals surface area contributed by atoms with Gasteiger partial charge in [-0.2, -0.15) is 0 Å². The van der Waals surface area contributed by atoms with Crippen LogP contribution in [0.1, 0.15) is 28.6 Å². The van der Waals surface area contributed by atoms with Gasteiger partial charge in [0.1, 0.15) is 0 Å². The summed E-state index contributed by atoms with van der Waals surface area (Å²) in [6.45, 7) is 4.30. The smallest absolute Gasteiger partial charge is 0.290 e. The predicted octanol–water partition coefficient (Wildman–Crippen LogP) is 4.83. The zero-order chi connectivity index (χ0) is 20.3. The van der Waals surface area contributed by atoms with E-state index in [-0.39, 0.29) is 24.1 Å². The highest BCUT2D eigenvalue weighted by atomic mass is 35.5. The van der Waals surface area contributed by atoms with Gasteiger partial charge in [0, 0.05) is 29.1 Å². The summed E-state index contributed by atoms with van der Waals surface area (Å²) in [5.41, 5.74) is 2.12. The maximum atomic E-state index is 12.9. The number of carbonyl (C=O) groups is 2. The molecule has 0 bridgehead atoms. The lowest BCUT2D eigenvalue weighted by molar-refractivity contribution is -0.121. The van der Waals surface area contributed by atoms with Gasteiger partial charge in [-0.15, -0.1) is 0 Å². The van der Waals surface area contributed by atoms with Crippen molar-refractivity contribution in [1.29, 1.82) is 0 Å². The largest absolute Gasteiger partial charge is 0.449 e. The highest BCUT2D eigenvalue weighted by Gasteiger charge is 2.24. The summed E-state index contributed by atoms with van der Waals surface area (Å²) < 4.78 is 5.73. The van der Waals surface area contributed by atoms with E-state index in [9.17, 15) is 9.59 Å². The molecule has 0 aliphatic carbocycles. The van der Waals surface area contributed by atoms with E-state index in [2.05, 4.69) is 5.32 Å². The van der Waals surface area contributed by atoms with Gasteiger partial charge in [0.25, 0.3) is 5.91 Å². The Morgan fingerprint density at radius 3 is 2.46 bits per heavy atom. The van der Waals surface area contributed by atoms with Gasteiger partial charge in [0.2, 0.25) is 5.91 Å². The number of aryl methyl sites for hydroxylation is 1. The van der Waals surface area contributed by atoms with Crippen LogP contribution in [0, 0.1) is 6.92 Å². The van der Waals surface area contributed by atoms with E-state index >= 15 is 0 Å². The second-order valence-corrected chi connectivity index (χ2v) is 7.24. The molecule has 1 N–H and O–H groups in total. The number of benzene rings is 2. The quantitative estimate of drug-likeness (QED) is 0.623. The highest BCUT2D eigenvalue weighted by molar-refractivity contribution is 6.35. The van der Waals surface area contributed by atoms with Gasteiger partial charge in [-0.3, -0.25) is 9.59 Å². The average Bonchev–Trinajstić information content (AvgIpc) is 3.03. The molecular formula is C21H20Cl2N2O3. The fourth-order valence-electron chi connectivity index (χ4n) is 2.92. The molecule has 0 spiro atoms. The van der Waals surface area contributed by atoms with Crippen LogP contribution in [0.3, 0.4) is 0 Å². The van der Waals surface area contributed by atoms with Crippen LogP contribution in [0.2, 0.25) is 10.0 Å². The van der Waals surface area contributed by atoms with Crippen LogP contribution >= 0.6 is 23.2 Å². The molecule has 7 heteroatoms. The number of nitrogens with one attached hydrogen (secondary N) is 1. The third-order valence-corrected chi connectivity index (χ3v) is 5.07. The molecule has 0 saturated carbocycles. The summed E-state index contributed by atoms with van der Waals surface area (Å²) in [6.07, 6.45) is 0. The Morgan fingerprint density at radius 1 is 1.11 bits per heavy atom. The van der Waals surface area contributed by atoms with Crippen LogP contribution in [0.4, 0.5) is 0 Å². The highest BCUT2D eigenvalue weighted by Crippen LogP contribution is 2.31. The predicted molar refractivity (Wildman–Crippen MR) is 111 cm³/mol. The Balaban J connectivity index is 1.69. The van der Waals surface area contributed by atoms with Crippen molar-refractivity contribution in [3.8, 4) is 0 Å². The Kier molecular flexibility index (Phi) is 6.27. The van der Waals surface area contributed by atoms with Gasteiger partial charge in [-0.1, -0.05) is 47.5 Å². The molecule has 1 heterocycles. The molecule has 0 aliphatic heterocycles. The normalized spacial score (nSPS) is 10.9. The minimum Gasteiger partial charge on any atom is -0.449 e. The lowest BCUT2D eigenvalue weighted by atomic mass is 10.1. The van der Waals surface area contributed by atoms with Gasteiger partial charge >= 0.3 is 0 Å². The number of halogens is 2. The summed E-state index contributed by atoms with van der Waals surface area (Å²) in [7, 11) is 0. The first-order chi connectivity index (χ1) is 13.4. The van der Waals surface area contributed by atoms with Gasteiger partial charge in [-0.25, -0.2) is 0 Å². The molecule has 146 valence electrons. The molecule has 28 heavy (non-hydrogen) atoms. The molecule has 0 unspecified atom stereocenters. The van der Waals surface area contributed by atoms with Crippen LogP contribution in [-0.4, -0.2) is 29.8 Å². The number of carbonyl (C=O) groups excluding carboxylic acids is 2. The Labute approximate surface area is 173 Å². The SMILES string of the molecule is CCN(CC(=O)NCc1ccc(Cl)cc1)C(=O)c1oc2c(Cl)cccc2c1C. The summed E-state index contributed by atoms with van der Waals surface area (Å²) in [4.78, 5) is 26.7. The summed E-state index contributed by atoms with van der Waals surface area (Å²) in [5, 5.41) is 4.69. The van der Waals surface area contributed by atoms with E-state index < -0.39 is 0 Å². The zero-order valence-electron chi connectivity index (χ0n) is 15.6. The van der Waals surface area contributed by atoms with Crippen molar-refractivity contribution < 1.29 is 14.0 Å². The van der Waals surface area contributed by atoms with Crippen molar-refractivity contribution in [2.75, 3.05) is 13.1 Å². The van der Waals surface area contributed by atoms with Crippen molar-refractivity contribution in [2.24, 2.45) is 0 Å². The topological polar surface area (TPSA) is 62.6 Å². The first kappa shape index (κ1) is 20.2. The summed E-state index contributed by atoms with van der Waals surface area (Å²) in [6, 6.07) is 12.6. The van der Waals surface area contributed by atoms with Crippen molar-refractivity contribution in [2.45, 2.75) is 20.4 Å². The number of amides is 2. The number of rotatable bonds is 6. The molecule has 0 saturated heterocycles. The van der Waals surface area contributed by atoms with Crippen LogP contribution in [0.5, 0.6) is 0 Å². The van der Waals surface area contributed by atoms with E-state index in [0.717, 1.165) is 10.9 Å². The summed E-state index contributed by atoms with van der Waals surface area (Å²) in [5.74, 6) is -0.388. The first-order valence-corrected chi connectivity index (χ1v) is 9.64. The number of likely N-dealkylation sites (N-methyl/N-ethyl adjacent to an activating group) is 1. The maximum absolute atomic E-state index is 12.9. The van der Waals surface area contributed by atoms with Gasteiger partial charge in [0.05, 0.1) is 11.6 Å². The Hall–Kier alpha value is -2.50. The van der Waals surface area contributed by atoms with Crippen LogP contribution in [0.15, 0.2) is 46.9 Å². The molecule has 3 aromatic rings. The molecule has 2 amide bonds. The molecular weight excluding hydrogens is 399 g/mol. The molecule has 0 atom stereocenters. The number of hydrogen-bond acceptors (Lipinski definition) is 3. The number of nitrogens with zero attached hydrogens (tertiary/aromatic N) is 1. The minimum absolute atomic E-state index is 0.0624. The van der Waals surface area contributed by atoms with Gasteiger partial charge in [-0.05, 0) is 37.6 Å². The summed E-state index contributed by atoms with van der Waals surface area (Å²) >= 11 is 12.0. The molecule has 0 fully saturated rings. The lowest BCUT2D eigenvalue weighted by Gasteiger charge is -2.19. The van der Waals surface area contributed by atoms with Gasteiger partial charge in [0.15, 0.2) is 11.3 Å². The fraction of sp³-hybridized carbons (Fsp3) is 0.238. The van der Waals surface area contributed by atoms with Crippen LogP contribution in [0.25, 0.3) is 11.0 Å². The van der Waals surface area contributed by atoms with Crippen molar-refractivity contribution in [3.05, 3.63) is 69.4 Å². The molecule has 3 rings (SSSR count). The number of fused-ring (bicyclic) bond motifs is 1. The second-order valence-electron chi connectivity index (χ2n) is 6.40.